The second-order valence-electron chi connectivity index (χ2n) is 3.03. The SMILES string of the molecule is CC(C)CC(=CC(F)(F)F)[N+](=O)[O-]. The van der Waals surface area contributed by atoms with Gasteiger partial charge in [0.05, 0.1) is 11.0 Å². The minimum absolute atomic E-state index is 0.168. The Morgan fingerprint density at radius 3 is 2.23 bits per heavy atom. The summed E-state index contributed by atoms with van der Waals surface area (Å²) in [6.45, 7) is 3.24. The van der Waals surface area contributed by atoms with Crippen molar-refractivity contribution in [2.75, 3.05) is 0 Å². The molecule has 3 nitrogen and oxygen atoms in total. The number of allylic oxidation sites excluding steroid dienone is 2. The van der Waals surface area contributed by atoms with Crippen LogP contribution in [0.2, 0.25) is 0 Å². The molecule has 0 aliphatic carbocycles. The van der Waals surface area contributed by atoms with E-state index in [0.29, 0.717) is 0 Å². The highest BCUT2D eigenvalue weighted by atomic mass is 19.4. The van der Waals surface area contributed by atoms with Crippen molar-refractivity contribution in [2.24, 2.45) is 5.92 Å². The molecule has 0 rings (SSSR count). The summed E-state index contributed by atoms with van der Waals surface area (Å²) in [5.74, 6) is -0.168. The quantitative estimate of drug-likeness (QED) is 0.515. The molecule has 0 aromatic rings. The summed E-state index contributed by atoms with van der Waals surface area (Å²) >= 11 is 0. The number of nitro groups is 1. The highest BCUT2D eigenvalue weighted by molar-refractivity contribution is 4.97. The Labute approximate surface area is 73.4 Å². The lowest BCUT2D eigenvalue weighted by Gasteiger charge is -2.03. The Balaban J connectivity index is 4.61. The molecule has 0 atom stereocenters. The minimum atomic E-state index is -4.61. The van der Waals surface area contributed by atoms with Gasteiger partial charge in [-0.05, 0) is 5.92 Å². The summed E-state index contributed by atoms with van der Waals surface area (Å²) in [4.78, 5) is 9.16. The molecule has 0 saturated carbocycles. The van der Waals surface area contributed by atoms with Crippen LogP contribution in [0.1, 0.15) is 20.3 Å². The van der Waals surface area contributed by atoms with Crippen LogP contribution in [0.15, 0.2) is 11.8 Å². The standard InChI is InChI=1S/C7H10F3NO2/c1-5(2)3-6(11(12)13)4-7(8,9)10/h4-5H,3H2,1-2H3. The number of hydrogen-bond donors (Lipinski definition) is 0. The van der Waals surface area contributed by atoms with Gasteiger partial charge < -0.3 is 0 Å². The van der Waals surface area contributed by atoms with Gasteiger partial charge in [0.1, 0.15) is 0 Å². The third-order valence-electron chi connectivity index (χ3n) is 1.18. The fourth-order valence-electron chi connectivity index (χ4n) is 0.793. The molecule has 0 N–H and O–H groups in total. The van der Waals surface area contributed by atoms with Crippen LogP contribution < -0.4 is 0 Å². The van der Waals surface area contributed by atoms with Gasteiger partial charge in [0.2, 0.25) is 0 Å². The number of hydrogen-bond acceptors (Lipinski definition) is 2. The molecule has 0 bridgehead atoms. The molecule has 0 aliphatic rings. The molecule has 0 aromatic carbocycles. The van der Waals surface area contributed by atoms with Gasteiger partial charge in [-0.25, -0.2) is 0 Å². The molecule has 0 aromatic heterocycles. The normalized spacial score (nSPS) is 13.5. The van der Waals surface area contributed by atoms with E-state index in [1.807, 2.05) is 0 Å². The zero-order valence-corrected chi connectivity index (χ0v) is 7.26. The molecular formula is C7H10F3NO2. The number of alkyl halides is 3. The summed E-state index contributed by atoms with van der Waals surface area (Å²) in [6.07, 6.45) is -5.04. The Morgan fingerprint density at radius 1 is 1.54 bits per heavy atom. The fraction of sp³-hybridized carbons (Fsp3) is 0.714. The average Bonchev–Trinajstić information content (AvgIpc) is 1.81. The molecule has 0 unspecified atom stereocenters. The minimum Gasteiger partial charge on any atom is -0.259 e. The highest BCUT2D eigenvalue weighted by Gasteiger charge is 2.29. The molecule has 0 radical (unpaired) electrons. The van der Waals surface area contributed by atoms with Crippen LogP contribution in [-0.4, -0.2) is 11.1 Å². The first-order valence-electron chi connectivity index (χ1n) is 3.65. The van der Waals surface area contributed by atoms with E-state index in [9.17, 15) is 23.3 Å². The number of rotatable bonds is 3. The van der Waals surface area contributed by atoms with Gasteiger partial charge in [0.25, 0.3) is 5.70 Å². The summed E-state index contributed by atoms with van der Waals surface area (Å²) in [7, 11) is 0. The second kappa shape index (κ2) is 4.25. The predicted octanol–water partition coefficient (Wildman–Crippen LogP) is 2.76. The third-order valence-corrected chi connectivity index (χ3v) is 1.18. The topological polar surface area (TPSA) is 43.1 Å². The van der Waals surface area contributed by atoms with Crippen molar-refractivity contribution >= 4 is 0 Å². The Bertz CT molecular complexity index is 220. The summed E-state index contributed by atoms with van der Waals surface area (Å²) in [6, 6.07) is 0. The van der Waals surface area contributed by atoms with Crippen molar-refractivity contribution in [2.45, 2.75) is 26.4 Å². The van der Waals surface area contributed by atoms with Crippen LogP contribution in [0.4, 0.5) is 13.2 Å². The van der Waals surface area contributed by atoms with Gasteiger partial charge in [0, 0.05) is 6.42 Å². The Morgan fingerprint density at radius 2 is 2.00 bits per heavy atom. The van der Waals surface area contributed by atoms with Crippen molar-refractivity contribution in [3.05, 3.63) is 21.9 Å². The fourth-order valence-corrected chi connectivity index (χ4v) is 0.793. The molecule has 6 heteroatoms. The van der Waals surface area contributed by atoms with E-state index in [0.717, 1.165) is 0 Å². The molecule has 0 aliphatic heterocycles. The van der Waals surface area contributed by atoms with E-state index in [1.54, 1.807) is 13.8 Å². The first kappa shape index (κ1) is 11.9. The maximum absolute atomic E-state index is 11.7. The molecular weight excluding hydrogens is 187 g/mol. The molecule has 13 heavy (non-hydrogen) atoms. The average molecular weight is 197 g/mol. The van der Waals surface area contributed by atoms with Gasteiger partial charge in [-0.2, -0.15) is 13.2 Å². The first-order valence-corrected chi connectivity index (χ1v) is 3.65. The maximum atomic E-state index is 11.7. The van der Waals surface area contributed by atoms with E-state index >= 15 is 0 Å². The predicted molar refractivity (Wildman–Crippen MR) is 40.6 cm³/mol. The van der Waals surface area contributed by atoms with E-state index < -0.39 is 16.8 Å². The van der Waals surface area contributed by atoms with Crippen molar-refractivity contribution in [3.8, 4) is 0 Å². The van der Waals surface area contributed by atoms with Gasteiger partial charge in [-0.1, -0.05) is 13.8 Å². The summed E-state index contributed by atoms with van der Waals surface area (Å²) in [5, 5.41) is 10.1. The number of nitrogens with zero attached hydrogens (tertiary/aromatic N) is 1. The smallest absolute Gasteiger partial charge is 0.259 e. The van der Waals surface area contributed by atoms with Crippen molar-refractivity contribution in [1.29, 1.82) is 0 Å². The second-order valence-corrected chi connectivity index (χ2v) is 3.03. The Kier molecular flexibility index (Phi) is 3.90. The third kappa shape index (κ3) is 6.12. The zero-order chi connectivity index (χ0) is 10.6. The maximum Gasteiger partial charge on any atom is 0.415 e. The van der Waals surface area contributed by atoms with Crippen LogP contribution in [-0.2, 0) is 0 Å². The lowest BCUT2D eigenvalue weighted by molar-refractivity contribution is -0.430. The highest BCUT2D eigenvalue weighted by Crippen LogP contribution is 2.22. The van der Waals surface area contributed by atoms with Gasteiger partial charge in [0.15, 0.2) is 0 Å². The van der Waals surface area contributed by atoms with Crippen molar-refractivity contribution in [1.82, 2.24) is 0 Å². The lowest BCUT2D eigenvalue weighted by atomic mass is 10.1. The van der Waals surface area contributed by atoms with E-state index in [1.165, 1.54) is 0 Å². The lowest BCUT2D eigenvalue weighted by Crippen LogP contribution is -2.10. The summed E-state index contributed by atoms with van der Waals surface area (Å²) < 4.78 is 35.2. The Hall–Kier alpha value is -1.07. The van der Waals surface area contributed by atoms with E-state index in [4.69, 9.17) is 0 Å². The van der Waals surface area contributed by atoms with Gasteiger partial charge in [-0.15, -0.1) is 0 Å². The van der Waals surface area contributed by atoms with E-state index in [-0.39, 0.29) is 18.4 Å². The summed E-state index contributed by atoms with van der Waals surface area (Å²) in [5.41, 5.74) is -0.789. The van der Waals surface area contributed by atoms with Gasteiger partial charge in [-0.3, -0.25) is 10.1 Å². The molecule has 0 fully saturated rings. The van der Waals surface area contributed by atoms with Crippen LogP contribution in [0.3, 0.4) is 0 Å². The van der Waals surface area contributed by atoms with Crippen LogP contribution in [0.5, 0.6) is 0 Å². The van der Waals surface area contributed by atoms with Crippen LogP contribution in [0, 0.1) is 16.0 Å². The monoisotopic (exact) mass is 197 g/mol. The van der Waals surface area contributed by atoms with Crippen molar-refractivity contribution in [3.63, 3.8) is 0 Å². The van der Waals surface area contributed by atoms with E-state index in [2.05, 4.69) is 0 Å². The first-order chi connectivity index (χ1) is 5.72. The van der Waals surface area contributed by atoms with Crippen LogP contribution >= 0.6 is 0 Å². The number of halogens is 3. The molecule has 0 amide bonds. The molecule has 0 saturated heterocycles. The van der Waals surface area contributed by atoms with Crippen LogP contribution in [0.25, 0.3) is 0 Å². The largest absolute Gasteiger partial charge is 0.415 e. The molecule has 0 spiro atoms. The molecule has 76 valence electrons. The van der Waals surface area contributed by atoms with Gasteiger partial charge >= 0.3 is 6.18 Å². The van der Waals surface area contributed by atoms with Crippen molar-refractivity contribution < 1.29 is 18.1 Å². The molecule has 0 heterocycles. The zero-order valence-electron chi connectivity index (χ0n) is 7.26.